The minimum atomic E-state index is -2.51. The molecule has 124 valence electrons. The van der Waals surface area contributed by atoms with E-state index in [0.29, 0.717) is 32.1 Å². The molecule has 0 saturated carbocycles. The van der Waals surface area contributed by atoms with Gasteiger partial charge in [0, 0.05) is 12.8 Å². The molecule has 0 radical (unpaired) electrons. The summed E-state index contributed by atoms with van der Waals surface area (Å²) in [6.07, 6.45) is 1.98. The van der Waals surface area contributed by atoms with E-state index in [1.165, 1.54) is 0 Å². The first-order valence-corrected chi connectivity index (χ1v) is 10.1. The zero-order chi connectivity index (χ0) is 16.9. The van der Waals surface area contributed by atoms with Crippen LogP contribution >= 0.6 is 16.1 Å². The summed E-state index contributed by atoms with van der Waals surface area (Å²) in [6, 6.07) is 0. The third-order valence-corrected chi connectivity index (χ3v) is 8.36. The molecule has 0 bridgehead atoms. The minimum Gasteiger partial charge on any atom is -0.346 e. The number of rotatable bonds is 10. The van der Waals surface area contributed by atoms with Gasteiger partial charge in [-0.05, 0) is 35.3 Å². The maximum Gasteiger partial charge on any atom is 0.544 e. The largest absolute Gasteiger partial charge is 0.544 e. The topological polar surface area (TPSA) is 83.8 Å². The van der Waals surface area contributed by atoms with Gasteiger partial charge in [0.1, 0.15) is 0 Å². The average Bonchev–Trinajstić information content (AvgIpc) is 2.50. The van der Waals surface area contributed by atoms with E-state index in [-0.39, 0.29) is 0 Å². The molecule has 2 N–H and O–H groups in total. The summed E-state index contributed by atoms with van der Waals surface area (Å²) in [7, 11) is -4.86. The lowest BCUT2D eigenvalue weighted by molar-refractivity contribution is 0.00397. The van der Waals surface area contributed by atoms with Crippen LogP contribution in [-0.4, -0.2) is 26.1 Å². The monoisotopic (exact) mass is 340 g/mol. The standard InChI is InChI=1S/C14H29O5P2/c1-7-12(6,20(16)17)13(8-2,9-3)19-21(18)14(15,10-4)11-5/h15H,7-11H2,1-6H3/q+1/p+1. The summed E-state index contributed by atoms with van der Waals surface area (Å²) in [6.45, 7) is 10.7. The Kier molecular flexibility index (Phi) is 8.11. The molecule has 0 aromatic rings. The first kappa shape index (κ1) is 21.1. The van der Waals surface area contributed by atoms with Crippen molar-refractivity contribution in [3.63, 3.8) is 0 Å². The van der Waals surface area contributed by atoms with Gasteiger partial charge in [-0.15, -0.1) is 4.52 Å². The van der Waals surface area contributed by atoms with Crippen LogP contribution < -0.4 is 0 Å². The van der Waals surface area contributed by atoms with Crippen LogP contribution in [0.3, 0.4) is 0 Å². The van der Waals surface area contributed by atoms with E-state index < -0.39 is 32.2 Å². The second-order valence-corrected chi connectivity index (χ2v) is 8.70. The molecule has 0 amide bonds. The fourth-order valence-electron chi connectivity index (χ4n) is 2.62. The Bertz CT molecular complexity index is 378. The molecule has 0 aliphatic carbocycles. The minimum absolute atomic E-state index is 0.316. The zero-order valence-electron chi connectivity index (χ0n) is 14.0. The molecular formula is C14H30O5P2+2. The smallest absolute Gasteiger partial charge is 0.346 e. The van der Waals surface area contributed by atoms with E-state index in [1.807, 2.05) is 20.8 Å². The van der Waals surface area contributed by atoms with Crippen LogP contribution in [0.1, 0.15) is 73.6 Å². The van der Waals surface area contributed by atoms with Gasteiger partial charge < -0.3 is 5.11 Å². The molecule has 3 unspecified atom stereocenters. The predicted molar refractivity (Wildman–Crippen MR) is 86.1 cm³/mol. The third-order valence-electron chi connectivity index (χ3n) is 4.96. The Morgan fingerprint density at radius 3 is 1.57 bits per heavy atom. The van der Waals surface area contributed by atoms with Crippen LogP contribution in [-0.2, 0) is 13.7 Å². The van der Waals surface area contributed by atoms with Crippen LogP contribution in [0.2, 0.25) is 0 Å². The number of hydrogen-bond donors (Lipinski definition) is 2. The number of aliphatic hydroxyl groups is 1. The van der Waals surface area contributed by atoms with E-state index in [9.17, 15) is 19.1 Å². The number of hydrogen-bond acceptors (Lipinski definition) is 4. The molecule has 0 aromatic carbocycles. The SMILES string of the molecule is CCC(O)(CC)[P+](=O)OC(CC)(CC)C(C)(CC)[P+](=O)O. The van der Waals surface area contributed by atoms with Crippen LogP contribution in [0.5, 0.6) is 0 Å². The maximum atomic E-state index is 12.5. The molecule has 0 aliphatic heterocycles. The normalized spacial score (nSPS) is 17.3. The highest BCUT2D eigenvalue weighted by Gasteiger charge is 2.65. The van der Waals surface area contributed by atoms with Crippen molar-refractivity contribution in [2.75, 3.05) is 0 Å². The van der Waals surface area contributed by atoms with E-state index >= 15 is 0 Å². The van der Waals surface area contributed by atoms with Crippen LogP contribution in [0, 0.1) is 0 Å². The van der Waals surface area contributed by atoms with Gasteiger partial charge in [-0.25, -0.2) is 0 Å². The van der Waals surface area contributed by atoms with Gasteiger partial charge >= 0.3 is 16.1 Å². The molecule has 3 atom stereocenters. The van der Waals surface area contributed by atoms with Crippen molar-refractivity contribution < 1.29 is 23.7 Å². The van der Waals surface area contributed by atoms with E-state index in [2.05, 4.69) is 0 Å². The second kappa shape index (κ2) is 8.08. The molecule has 0 saturated heterocycles. The quantitative estimate of drug-likeness (QED) is 0.562. The summed E-state index contributed by atoms with van der Waals surface area (Å²) in [5, 5.41) is 8.00. The Labute approximate surface area is 130 Å². The Morgan fingerprint density at radius 1 is 0.905 bits per heavy atom. The second-order valence-electron chi connectivity index (χ2n) is 5.64. The van der Waals surface area contributed by atoms with Gasteiger partial charge in [0.15, 0.2) is 5.60 Å². The fraction of sp³-hybridized carbons (Fsp3) is 1.00. The highest BCUT2D eigenvalue weighted by molar-refractivity contribution is 7.41. The van der Waals surface area contributed by atoms with Crippen molar-refractivity contribution in [2.45, 2.75) is 89.7 Å². The molecule has 0 aromatic heterocycles. The summed E-state index contributed by atoms with van der Waals surface area (Å²) in [5.41, 5.74) is -0.990. The zero-order valence-corrected chi connectivity index (χ0v) is 15.8. The van der Waals surface area contributed by atoms with Gasteiger partial charge in [0.2, 0.25) is 5.16 Å². The van der Waals surface area contributed by atoms with Crippen molar-refractivity contribution in [3.05, 3.63) is 0 Å². The molecule has 0 aliphatic rings. The lowest BCUT2D eigenvalue weighted by atomic mass is 9.81. The van der Waals surface area contributed by atoms with Gasteiger partial charge in [-0.3, -0.25) is 0 Å². The van der Waals surface area contributed by atoms with E-state index in [4.69, 9.17) is 4.52 Å². The molecule has 0 rings (SSSR count). The first-order valence-electron chi connectivity index (χ1n) is 7.68. The van der Waals surface area contributed by atoms with Crippen LogP contribution in [0.4, 0.5) is 0 Å². The molecular weight excluding hydrogens is 310 g/mol. The Morgan fingerprint density at radius 2 is 1.33 bits per heavy atom. The third kappa shape index (κ3) is 3.89. The summed E-state index contributed by atoms with van der Waals surface area (Å²) < 4.78 is 30.3. The Balaban J connectivity index is 5.71. The van der Waals surface area contributed by atoms with Crippen LogP contribution in [0.25, 0.3) is 0 Å². The van der Waals surface area contributed by atoms with E-state index in [1.54, 1.807) is 20.8 Å². The van der Waals surface area contributed by atoms with Gasteiger partial charge in [-0.2, -0.15) is 4.89 Å². The van der Waals surface area contributed by atoms with Gasteiger partial charge in [-0.1, -0.05) is 34.6 Å². The molecule has 0 heterocycles. The fourth-order valence-corrected chi connectivity index (χ4v) is 5.14. The molecule has 7 heteroatoms. The van der Waals surface area contributed by atoms with Crippen molar-refractivity contribution in [1.82, 2.24) is 0 Å². The predicted octanol–water partition coefficient (Wildman–Crippen LogP) is 4.72. The molecule has 21 heavy (non-hydrogen) atoms. The van der Waals surface area contributed by atoms with Crippen molar-refractivity contribution >= 4 is 16.1 Å². The molecule has 0 fully saturated rings. The van der Waals surface area contributed by atoms with Crippen molar-refractivity contribution in [2.24, 2.45) is 0 Å². The lowest BCUT2D eigenvalue weighted by Crippen LogP contribution is -2.50. The van der Waals surface area contributed by atoms with Gasteiger partial charge in [0.25, 0.3) is 5.34 Å². The van der Waals surface area contributed by atoms with Crippen molar-refractivity contribution in [1.29, 1.82) is 0 Å². The summed E-state index contributed by atoms with van der Waals surface area (Å²) >= 11 is 0. The van der Waals surface area contributed by atoms with Crippen molar-refractivity contribution in [3.8, 4) is 0 Å². The maximum absolute atomic E-state index is 12.5. The first-order chi connectivity index (χ1) is 9.62. The average molecular weight is 340 g/mol. The molecule has 0 spiro atoms. The lowest BCUT2D eigenvalue weighted by Gasteiger charge is -2.35. The Hall–Kier alpha value is 0.0800. The van der Waals surface area contributed by atoms with Crippen LogP contribution in [0.15, 0.2) is 0 Å². The summed E-state index contributed by atoms with van der Waals surface area (Å²) in [4.78, 5) is 9.77. The van der Waals surface area contributed by atoms with Gasteiger partial charge in [0.05, 0.1) is 0 Å². The van der Waals surface area contributed by atoms with E-state index in [0.717, 1.165) is 0 Å². The summed E-state index contributed by atoms with van der Waals surface area (Å²) in [5.74, 6) is 0. The molecule has 5 nitrogen and oxygen atoms in total. The highest BCUT2D eigenvalue weighted by Crippen LogP contribution is 2.57. The highest BCUT2D eigenvalue weighted by atomic mass is 31.1.